The van der Waals surface area contributed by atoms with Crippen molar-refractivity contribution in [2.45, 2.75) is 51.8 Å². The summed E-state index contributed by atoms with van der Waals surface area (Å²) in [7, 11) is 1.63. The molecule has 6 heteroatoms. The molecule has 3 aromatic rings. The Hall–Kier alpha value is -2.86. The largest absolute Gasteiger partial charge is 0.493 e. The Morgan fingerprint density at radius 2 is 2.03 bits per heavy atom. The molecule has 0 spiro atoms. The molecule has 1 aromatic heterocycles. The number of aromatic nitrogens is 1. The number of para-hydroxylation sites is 1. The van der Waals surface area contributed by atoms with Gasteiger partial charge in [0.2, 0.25) is 0 Å². The Morgan fingerprint density at radius 1 is 1.16 bits per heavy atom. The Bertz CT molecular complexity index is 1000. The van der Waals surface area contributed by atoms with E-state index in [0.717, 1.165) is 35.4 Å². The molecule has 2 atom stereocenters. The lowest BCUT2D eigenvalue weighted by Crippen LogP contribution is -2.33. The minimum absolute atomic E-state index is 0.266. The number of ether oxygens (including phenoxy) is 2. The van der Waals surface area contributed by atoms with E-state index in [0.29, 0.717) is 30.0 Å². The molecule has 1 heterocycles. The van der Waals surface area contributed by atoms with Crippen LogP contribution in [0.15, 0.2) is 53.1 Å². The number of rotatable bonds is 9. The first kappa shape index (κ1) is 21.4. The number of aryl methyl sites for hydroxylation is 1. The number of benzene rings is 2. The van der Waals surface area contributed by atoms with Crippen LogP contribution in [-0.4, -0.2) is 18.3 Å². The quantitative estimate of drug-likeness (QED) is 0.511. The van der Waals surface area contributed by atoms with Crippen molar-refractivity contribution in [2.24, 2.45) is 5.92 Å². The first-order chi connectivity index (χ1) is 15.1. The molecule has 1 fully saturated rings. The lowest BCUT2D eigenvalue weighted by Gasteiger charge is -2.22. The van der Waals surface area contributed by atoms with Crippen LogP contribution in [0.3, 0.4) is 0 Å². The van der Waals surface area contributed by atoms with Crippen LogP contribution in [0.2, 0.25) is 0 Å². The van der Waals surface area contributed by atoms with E-state index >= 15 is 0 Å². The average molecular weight is 425 g/mol. The van der Waals surface area contributed by atoms with Crippen molar-refractivity contribution < 1.29 is 18.4 Å². The number of nitrogens with zero attached hydrogens (tertiary/aromatic N) is 1. The number of hydrogen-bond donors (Lipinski definition) is 1. The molecule has 1 aliphatic carbocycles. The monoisotopic (exact) mass is 424 g/mol. The summed E-state index contributed by atoms with van der Waals surface area (Å²) in [5.74, 6) is 2.58. The molecule has 5 nitrogen and oxygen atoms in total. The fourth-order valence-corrected chi connectivity index (χ4v) is 4.37. The van der Waals surface area contributed by atoms with Crippen molar-refractivity contribution in [3.8, 4) is 11.5 Å². The normalized spacial score (nSPS) is 18.3. The highest BCUT2D eigenvalue weighted by atomic mass is 19.1. The molecule has 0 aliphatic heterocycles. The van der Waals surface area contributed by atoms with Crippen molar-refractivity contribution in [3.05, 3.63) is 76.9 Å². The third-order valence-electron chi connectivity index (χ3n) is 5.91. The van der Waals surface area contributed by atoms with Gasteiger partial charge in [0.25, 0.3) is 0 Å². The lowest BCUT2D eigenvalue weighted by molar-refractivity contribution is 0.278. The SMILES string of the molecule is COc1cccc(CN[C@H]2CCC[C@@H]2Cc2cc(C)no2)c1OCc1cccc(F)c1. The van der Waals surface area contributed by atoms with Gasteiger partial charge in [0, 0.05) is 30.6 Å². The van der Waals surface area contributed by atoms with Crippen LogP contribution >= 0.6 is 0 Å². The zero-order chi connectivity index (χ0) is 21.6. The summed E-state index contributed by atoms with van der Waals surface area (Å²) in [6.45, 7) is 2.90. The van der Waals surface area contributed by atoms with E-state index in [2.05, 4.69) is 10.5 Å². The van der Waals surface area contributed by atoms with Gasteiger partial charge in [-0.25, -0.2) is 4.39 Å². The van der Waals surface area contributed by atoms with Crippen molar-refractivity contribution in [2.75, 3.05) is 7.11 Å². The molecule has 1 aliphatic rings. The van der Waals surface area contributed by atoms with Gasteiger partial charge in [-0.2, -0.15) is 0 Å². The summed E-state index contributed by atoms with van der Waals surface area (Å²) in [5, 5.41) is 7.73. The summed E-state index contributed by atoms with van der Waals surface area (Å²) < 4.78 is 30.5. The van der Waals surface area contributed by atoms with Crippen molar-refractivity contribution in [3.63, 3.8) is 0 Å². The zero-order valence-electron chi connectivity index (χ0n) is 18.1. The highest BCUT2D eigenvalue weighted by Crippen LogP contribution is 2.33. The number of methoxy groups -OCH3 is 1. The Labute approximate surface area is 182 Å². The van der Waals surface area contributed by atoms with Gasteiger partial charge in [0.05, 0.1) is 12.8 Å². The highest BCUT2D eigenvalue weighted by molar-refractivity contribution is 5.46. The Morgan fingerprint density at radius 3 is 2.81 bits per heavy atom. The minimum Gasteiger partial charge on any atom is -0.493 e. The van der Waals surface area contributed by atoms with Crippen LogP contribution in [0.1, 0.15) is 41.8 Å². The van der Waals surface area contributed by atoms with Gasteiger partial charge in [-0.3, -0.25) is 0 Å². The third kappa shape index (κ3) is 5.44. The van der Waals surface area contributed by atoms with Gasteiger partial charge < -0.3 is 19.3 Å². The molecule has 1 N–H and O–H groups in total. The standard InChI is InChI=1S/C25H29FN2O3/c1-17-12-22(31-28-17)14-19-7-4-10-23(19)27-15-20-8-5-11-24(29-2)25(20)30-16-18-6-3-9-21(26)13-18/h3,5-6,8-9,11-13,19,23,27H,4,7,10,14-16H2,1-2H3/t19-,23+/m1/s1. The predicted molar refractivity (Wildman–Crippen MR) is 117 cm³/mol. The van der Waals surface area contributed by atoms with E-state index < -0.39 is 0 Å². The van der Waals surface area contributed by atoms with Crippen LogP contribution in [-0.2, 0) is 19.6 Å². The first-order valence-corrected chi connectivity index (χ1v) is 10.8. The van der Waals surface area contributed by atoms with Gasteiger partial charge in [-0.15, -0.1) is 0 Å². The number of halogens is 1. The summed E-state index contributed by atoms with van der Waals surface area (Å²) in [6, 6.07) is 14.8. The van der Waals surface area contributed by atoms with Crippen LogP contribution in [0.5, 0.6) is 11.5 Å². The molecule has 1 saturated carbocycles. The summed E-state index contributed by atoms with van der Waals surface area (Å²) >= 11 is 0. The molecule has 164 valence electrons. The van der Waals surface area contributed by atoms with Crippen LogP contribution in [0.25, 0.3) is 0 Å². The molecular weight excluding hydrogens is 395 g/mol. The maximum atomic E-state index is 13.5. The highest BCUT2D eigenvalue weighted by Gasteiger charge is 2.28. The Balaban J connectivity index is 1.42. The van der Waals surface area contributed by atoms with Gasteiger partial charge in [0.1, 0.15) is 18.2 Å². The summed E-state index contributed by atoms with van der Waals surface area (Å²) in [4.78, 5) is 0. The average Bonchev–Trinajstić information content (AvgIpc) is 3.39. The van der Waals surface area contributed by atoms with E-state index in [-0.39, 0.29) is 12.4 Å². The number of nitrogens with one attached hydrogen (secondary N) is 1. The maximum absolute atomic E-state index is 13.5. The Kier molecular flexibility index (Phi) is 6.87. The molecule has 31 heavy (non-hydrogen) atoms. The molecule has 0 bridgehead atoms. The van der Waals surface area contributed by atoms with E-state index in [4.69, 9.17) is 14.0 Å². The molecule has 4 rings (SSSR count). The minimum atomic E-state index is -0.266. The molecule has 0 saturated heterocycles. The number of hydrogen-bond acceptors (Lipinski definition) is 5. The van der Waals surface area contributed by atoms with Crippen molar-refractivity contribution in [1.82, 2.24) is 10.5 Å². The second-order valence-corrected chi connectivity index (χ2v) is 8.18. The second kappa shape index (κ2) is 9.96. The molecular formula is C25H29FN2O3. The van der Waals surface area contributed by atoms with E-state index in [1.54, 1.807) is 13.2 Å². The van der Waals surface area contributed by atoms with Gasteiger partial charge in [0.15, 0.2) is 11.5 Å². The second-order valence-electron chi connectivity index (χ2n) is 8.18. The summed E-state index contributed by atoms with van der Waals surface area (Å²) in [5.41, 5.74) is 2.73. The fourth-order valence-electron chi connectivity index (χ4n) is 4.37. The summed E-state index contributed by atoms with van der Waals surface area (Å²) in [6.07, 6.45) is 4.43. The van der Waals surface area contributed by atoms with E-state index in [1.165, 1.54) is 25.0 Å². The molecule has 0 radical (unpaired) electrons. The van der Waals surface area contributed by atoms with Crippen LogP contribution in [0.4, 0.5) is 4.39 Å². The topological polar surface area (TPSA) is 56.5 Å². The van der Waals surface area contributed by atoms with Gasteiger partial charge in [-0.05, 0) is 49.4 Å². The van der Waals surface area contributed by atoms with Crippen molar-refractivity contribution in [1.29, 1.82) is 0 Å². The first-order valence-electron chi connectivity index (χ1n) is 10.8. The van der Waals surface area contributed by atoms with Crippen molar-refractivity contribution >= 4 is 0 Å². The molecule has 0 unspecified atom stereocenters. The van der Waals surface area contributed by atoms with E-state index in [9.17, 15) is 4.39 Å². The van der Waals surface area contributed by atoms with Crippen LogP contribution < -0.4 is 14.8 Å². The fraction of sp³-hybridized carbons (Fsp3) is 0.400. The van der Waals surface area contributed by atoms with E-state index in [1.807, 2.05) is 37.3 Å². The third-order valence-corrected chi connectivity index (χ3v) is 5.91. The smallest absolute Gasteiger partial charge is 0.166 e. The van der Waals surface area contributed by atoms with Gasteiger partial charge >= 0.3 is 0 Å². The molecule has 2 aromatic carbocycles. The molecule has 0 amide bonds. The zero-order valence-corrected chi connectivity index (χ0v) is 18.1. The lowest BCUT2D eigenvalue weighted by atomic mass is 9.97. The van der Waals surface area contributed by atoms with Gasteiger partial charge in [-0.1, -0.05) is 35.8 Å². The predicted octanol–water partition coefficient (Wildman–Crippen LogP) is 5.21. The maximum Gasteiger partial charge on any atom is 0.166 e. The van der Waals surface area contributed by atoms with Crippen LogP contribution in [0, 0.1) is 18.7 Å².